The minimum Gasteiger partial charge on any atom is -0.494 e. The first kappa shape index (κ1) is 21.8. The second kappa shape index (κ2) is 10.7. The number of anilines is 2. The van der Waals surface area contributed by atoms with Crippen LogP contribution in [-0.4, -0.2) is 43.9 Å². The predicted molar refractivity (Wildman–Crippen MR) is 117 cm³/mol. The van der Waals surface area contributed by atoms with E-state index >= 15 is 0 Å². The van der Waals surface area contributed by atoms with Gasteiger partial charge in [0.1, 0.15) is 11.6 Å². The standard InChI is InChI=1S/C19H22N6O3S2/c1-3-25-15(11-16(26)21-13-5-7-14(8-6-13)28-4-2)23-24-19(25)30-12-17(27)22-18-20-9-10-29-18/h5-10H,3-4,11-12H2,1-2H3,(H,21,26)(H,20,22,27). The van der Waals surface area contributed by atoms with Crippen LogP contribution in [0.3, 0.4) is 0 Å². The summed E-state index contributed by atoms with van der Waals surface area (Å²) in [4.78, 5) is 28.5. The van der Waals surface area contributed by atoms with Gasteiger partial charge in [0.15, 0.2) is 10.3 Å². The lowest BCUT2D eigenvalue weighted by molar-refractivity contribution is -0.116. The number of rotatable bonds is 10. The molecule has 0 aliphatic carbocycles. The molecule has 0 aliphatic rings. The quantitative estimate of drug-likeness (QED) is 0.460. The lowest BCUT2D eigenvalue weighted by Crippen LogP contribution is -2.18. The molecular formula is C19H22N6O3S2. The van der Waals surface area contributed by atoms with Crippen LogP contribution >= 0.6 is 23.1 Å². The number of thioether (sulfide) groups is 1. The highest BCUT2D eigenvalue weighted by molar-refractivity contribution is 7.99. The summed E-state index contributed by atoms with van der Waals surface area (Å²) < 4.78 is 7.23. The Balaban J connectivity index is 1.55. The molecule has 0 spiro atoms. The lowest BCUT2D eigenvalue weighted by atomic mass is 10.3. The SMILES string of the molecule is CCOc1ccc(NC(=O)Cc2nnc(SCC(=O)Nc3nccs3)n2CC)cc1. The Morgan fingerprint density at radius 2 is 1.93 bits per heavy atom. The van der Waals surface area contributed by atoms with Gasteiger partial charge in [-0.1, -0.05) is 11.8 Å². The monoisotopic (exact) mass is 446 g/mol. The fourth-order valence-corrected chi connectivity index (χ4v) is 3.96. The van der Waals surface area contributed by atoms with Crippen molar-refractivity contribution in [3.63, 3.8) is 0 Å². The molecule has 1 aromatic carbocycles. The minimum atomic E-state index is -0.195. The van der Waals surface area contributed by atoms with Gasteiger partial charge in [-0.25, -0.2) is 4.98 Å². The van der Waals surface area contributed by atoms with E-state index in [1.54, 1.807) is 35.8 Å². The van der Waals surface area contributed by atoms with Gasteiger partial charge in [-0.2, -0.15) is 0 Å². The molecule has 2 amide bonds. The first-order chi connectivity index (χ1) is 14.6. The van der Waals surface area contributed by atoms with Crippen LogP contribution in [0.5, 0.6) is 5.75 Å². The van der Waals surface area contributed by atoms with Crippen molar-refractivity contribution in [1.82, 2.24) is 19.7 Å². The molecule has 2 N–H and O–H groups in total. The van der Waals surface area contributed by atoms with Crippen molar-refractivity contribution in [3.05, 3.63) is 41.7 Å². The van der Waals surface area contributed by atoms with Crippen molar-refractivity contribution < 1.29 is 14.3 Å². The van der Waals surface area contributed by atoms with E-state index in [9.17, 15) is 9.59 Å². The molecule has 158 valence electrons. The van der Waals surface area contributed by atoms with E-state index < -0.39 is 0 Å². The molecule has 11 heteroatoms. The Labute approximate surface area is 182 Å². The molecule has 0 atom stereocenters. The number of hydrogen-bond acceptors (Lipinski definition) is 8. The number of aromatic nitrogens is 4. The highest BCUT2D eigenvalue weighted by atomic mass is 32.2. The number of nitrogens with one attached hydrogen (secondary N) is 2. The number of amides is 2. The smallest absolute Gasteiger partial charge is 0.236 e. The van der Waals surface area contributed by atoms with E-state index in [0.29, 0.717) is 35.0 Å². The number of ether oxygens (including phenoxy) is 1. The van der Waals surface area contributed by atoms with E-state index in [-0.39, 0.29) is 24.0 Å². The van der Waals surface area contributed by atoms with Crippen molar-refractivity contribution >= 4 is 45.7 Å². The van der Waals surface area contributed by atoms with Crippen LogP contribution < -0.4 is 15.4 Å². The molecule has 0 saturated carbocycles. The molecule has 3 rings (SSSR count). The Hall–Kier alpha value is -2.92. The lowest BCUT2D eigenvalue weighted by Gasteiger charge is -2.09. The number of carbonyl (C=O) groups excluding carboxylic acids is 2. The van der Waals surface area contributed by atoms with Crippen LogP contribution in [0.15, 0.2) is 41.0 Å². The van der Waals surface area contributed by atoms with E-state index in [4.69, 9.17) is 4.74 Å². The molecule has 0 bridgehead atoms. The molecule has 30 heavy (non-hydrogen) atoms. The maximum absolute atomic E-state index is 12.4. The summed E-state index contributed by atoms with van der Waals surface area (Å²) in [6, 6.07) is 7.18. The van der Waals surface area contributed by atoms with Gasteiger partial charge < -0.3 is 19.9 Å². The normalized spacial score (nSPS) is 10.6. The van der Waals surface area contributed by atoms with Crippen molar-refractivity contribution in [2.75, 3.05) is 23.0 Å². The Kier molecular flexibility index (Phi) is 7.80. The van der Waals surface area contributed by atoms with Gasteiger partial charge in [0, 0.05) is 23.8 Å². The second-order valence-corrected chi connectivity index (χ2v) is 7.84. The number of benzene rings is 1. The van der Waals surface area contributed by atoms with E-state index in [0.717, 1.165) is 5.75 Å². The number of thiazole rings is 1. The Morgan fingerprint density at radius 3 is 2.60 bits per heavy atom. The van der Waals surface area contributed by atoms with Gasteiger partial charge in [0.25, 0.3) is 0 Å². The third kappa shape index (κ3) is 6.04. The topological polar surface area (TPSA) is 111 Å². The largest absolute Gasteiger partial charge is 0.494 e. The van der Waals surface area contributed by atoms with Crippen molar-refractivity contribution in [2.24, 2.45) is 0 Å². The maximum Gasteiger partial charge on any atom is 0.236 e. The summed E-state index contributed by atoms with van der Waals surface area (Å²) in [6.45, 7) is 5.04. The molecule has 0 aliphatic heterocycles. The van der Waals surface area contributed by atoms with E-state index in [2.05, 4.69) is 25.8 Å². The third-order valence-electron chi connectivity index (χ3n) is 3.89. The Bertz CT molecular complexity index is 973. The summed E-state index contributed by atoms with van der Waals surface area (Å²) in [7, 11) is 0. The zero-order chi connectivity index (χ0) is 21.3. The van der Waals surface area contributed by atoms with Crippen LogP contribution in [-0.2, 0) is 22.6 Å². The van der Waals surface area contributed by atoms with Crippen molar-refractivity contribution in [3.8, 4) is 5.75 Å². The summed E-state index contributed by atoms with van der Waals surface area (Å²) in [5, 5.41) is 16.8. The third-order valence-corrected chi connectivity index (χ3v) is 5.54. The molecule has 3 aromatic rings. The average molecular weight is 447 g/mol. The fraction of sp³-hybridized carbons (Fsp3) is 0.316. The molecule has 2 heterocycles. The van der Waals surface area contributed by atoms with Gasteiger partial charge >= 0.3 is 0 Å². The number of hydrogen-bond donors (Lipinski definition) is 2. The van der Waals surface area contributed by atoms with Gasteiger partial charge in [-0.05, 0) is 38.1 Å². The number of carbonyl (C=O) groups is 2. The minimum absolute atomic E-state index is 0.0833. The van der Waals surface area contributed by atoms with Crippen LogP contribution in [0.1, 0.15) is 19.7 Å². The van der Waals surface area contributed by atoms with Gasteiger partial charge in [-0.15, -0.1) is 21.5 Å². The number of nitrogens with zero attached hydrogens (tertiary/aromatic N) is 4. The first-order valence-electron chi connectivity index (χ1n) is 9.36. The van der Waals surface area contributed by atoms with Crippen LogP contribution in [0.25, 0.3) is 0 Å². The fourth-order valence-electron chi connectivity index (χ4n) is 2.59. The molecule has 9 nitrogen and oxygen atoms in total. The summed E-state index contributed by atoms with van der Waals surface area (Å²) in [5.41, 5.74) is 0.680. The molecule has 2 aromatic heterocycles. The zero-order valence-electron chi connectivity index (χ0n) is 16.6. The molecule has 0 unspecified atom stereocenters. The van der Waals surface area contributed by atoms with Crippen LogP contribution in [0.2, 0.25) is 0 Å². The van der Waals surface area contributed by atoms with Gasteiger partial charge in [-0.3, -0.25) is 9.59 Å². The average Bonchev–Trinajstić information content (AvgIpc) is 3.37. The Morgan fingerprint density at radius 1 is 1.13 bits per heavy atom. The van der Waals surface area contributed by atoms with Crippen LogP contribution in [0, 0.1) is 0 Å². The molecule has 0 saturated heterocycles. The van der Waals surface area contributed by atoms with Gasteiger partial charge in [0.2, 0.25) is 11.8 Å². The molecule has 0 fully saturated rings. The highest BCUT2D eigenvalue weighted by Gasteiger charge is 2.16. The predicted octanol–water partition coefficient (Wildman–Crippen LogP) is 3.07. The maximum atomic E-state index is 12.4. The van der Waals surface area contributed by atoms with Crippen molar-refractivity contribution in [1.29, 1.82) is 0 Å². The summed E-state index contributed by atoms with van der Waals surface area (Å²) in [5.74, 6) is 1.11. The zero-order valence-corrected chi connectivity index (χ0v) is 18.3. The van der Waals surface area contributed by atoms with Gasteiger partial charge in [0.05, 0.1) is 18.8 Å². The van der Waals surface area contributed by atoms with E-state index in [1.807, 2.05) is 18.4 Å². The molecular weight excluding hydrogens is 424 g/mol. The van der Waals surface area contributed by atoms with Crippen LogP contribution in [0.4, 0.5) is 10.8 Å². The van der Waals surface area contributed by atoms with E-state index in [1.165, 1.54) is 23.1 Å². The second-order valence-electron chi connectivity index (χ2n) is 6.00. The summed E-state index contributed by atoms with van der Waals surface area (Å²) in [6.07, 6.45) is 1.71. The molecule has 0 radical (unpaired) electrons. The first-order valence-corrected chi connectivity index (χ1v) is 11.2. The van der Waals surface area contributed by atoms with Crippen molar-refractivity contribution in [2.45, 2.75) is 32.0 Å². The summed E-state index contributed by atoms with van der Waals surface area (Å²) >= 11 is 2.63. The highest BCUT2D eigenvalue weighted by Crippen LogP contribution is 2.19.